The van der Waals surface area contributed by atoms with Crippen LogP contribution in [-0.4, -0.2) is 53.2 Å². The van der Waals surface area contributed by atoms with E-state index in [1.807, 2.05) is 80.5 Å². The van der Waals surface area contributed by atoms with Crippen molar-refractivity contribution in [3.05, 3.63) is 88.4 Å². The fourth-order valence-corrected chi connectivity index (χ4v) is 4.58. The Hall–Kier alpha value is -4.86. The van der Waals surface area contributed by atoms with Gasteiger partial charge >= 0.3 is 0 Å². The lowest BCUT2D eigenvalue weighted by Gasteiger charge is -2.33. The number of hydrogen-bond donors (Lipinski definition) is 2. The maximum atomic E-state index is 13.0. The molecule has 0 spiro atoms. The lowest BCUT2D eigenvalue weighted by Crippen LogP contribution is -2.35. The van der Waals surface area contributed by atoms with Gasteiger partial charge in [-0.3, -0.25) is 29.5 Å². The number of hydrogen-bond acceptors (Lipinski definition) is 7. The van der Waals surface area contributed by atoms with E-state index in [4.69, 9.17) is 4.74 Å². The zero-order chi connectivity index (χ0) is 34.7. The van der Waals surface area contributed by atoms with Gasteiger partial charge in [0.15, 0.2) is 0 Å². The van der Waals surface area contributed by atoms with Crippen molar-refractivity contribution < 1.29 is 23.9 Å². The first-order valence-corrected chi connectivity index (χ1v) is 15.4. The zero-order valence-electron chi connectivity index (χ0n) is 28.6. The van der Waals surface area contributed by atoms with E-state index in [9.17, 15) is 19.2 Å². The highest BCUT2D eigenvalue weighted by atomic mass is 16.5. The molecule has 0 aliphatic carbocycles. The van der Waals surface area contributed by atoms with Crippen LogP contribution in [0.25, 0.3) is 6.08 Å². The average molecular weight is 632 g/mol. The smallest absolute Gasteiger partial charge is 0.254 e. The van der Waals surface area contributed by atoms with E-state index in [-0.39, 0.29) is 17.2 Å². The Morgan fingerprint density at radius 2 is 1.80 bits per heavy atom. The van der Waals surface area contributed by atoms with E-state index in [2.05, 4.69) is 42.1 Å². The van der Waals surface area contributed by atoms with Crippen LogP contribution in [0.1, 0.15) is 87.1 Å². The third kappa shape index (κ3) is 12.6. The lowest BCUT2D eigenvalue weighted by molar-refractivity contribution is -0.123. The lowest BCUT2D eigenvalue weighted by atomic mass is 9.80. The van der Waals surface area contributed by atoms with Crippen LogP contribution in [0.2, 0.25) is 0 Å². The largest absolute Gasteiger partial charge is 0.497 e. The number of fused-ring (bicyclic) bond motifs is 1. The molecule has 2 aromatic heterocycles. The number of benzene rings is 1. The monoisotopic (exact) mass is 631 g/mol. The molecule has 4 rings (SSSR count). The maximum absolute atomic E-state index is 13.0. The van der Waals surface area contributed by atoms with E-state index in [1.165, 1.54) is 18.1 Å². The van der Waals surface area contributed by atoms with Crippen LogP contribution < -0.4 is 15.4 Å². The molecule has 0 radical (unpaired) electrons. The number of aryl methyl sites for hydroxylation is 2. The fourth-order valence-electron chi connectivity index (χ4n) is 4.58. The van der Waals surface area contributed by atoms with Gasteiger partial charge in [0.1, 0.15) is 11.6 Å². The predicted molar refractivity (Wildman–Crippen MR) is 183 cm³/mol. The minimum atomic E-state index is -0.329. The molecule has 3 heterocycles. The Morgan fingerprint density at radius 3 is 2.30 bits per heavy atom. The van der Waals surface area contributed by atoms with Crippen molar-refractivity contribution in [2.75, 3.05) is 19.0 Å². The van der Waals surface area contributed by atoms with Crippen molar-refractivity contribution in [2.24, 2.45) is 5.41 Å². The summed E-state index contributed by atoms with van der Waals surface area (Å²) >= 11 is 0. The van der Waals surface area contributed by atoms with E-state index >= 15 is 0 Å². The van der Waals surface area contributed by atoms with Crippen LogP contribution in [0.15, 0.2) is 60.4 Å². The number of carbonyl (C=O) groups is 4. The summed E-state index contributed by atoms with van der Waals surface area (Å²) in [5.74, 6) is 0.944. The summed E-state index contributed by atoms with van der Waals surface area (Å²) in [6.07, 6.45) is 8.60. The highest BCUT2D eigenvalue weighted by molar-refractivity contribution is 5.98. The van der Waals surface area contributed by atoms with Crippen molar-refractivity contribution in [3.8, 4) is 5.75 Å². The maximum Gasteiger partial charge on any atom is 0.254 e. The van der Waals surface area contributed by atoms with E-state index in [0.717, 1.165) is 35.2 Å². The standard InChI is InChI=1S/C25H31N3O3.C6H7N.C3H5NO2.C2H6/c1-6-7-19(12-22-17(2)8-11-23(27-22)26-16-29)25(3,4)15-28-14-18-9-10-20(31-5)13-21(18)24(28)30;1-6-3-2-4-7-5-6;1-3(6)4-2-5;1-2/h8-13,16H,6-7,14-15H2,1-5H3,(H,26,27,29);2-5H,1H3;2H,1H3,(H,4,5,6);1-2H3/b19-12+;;;. The third-order valence-electron chi connectivity index (χ3n) is 6.90. The number of pyridine rings is 2. The number of imide groups is 1. The van der Waals surface area contributed by atoms with Gasteiger partial charge in [0.25, 0.3) is 5.91 Å². The van der Waals surface area contributed by atoms with Gasteiger partial charge in [-0.15, -0.1) is 0 Å². The van der Waals surface area contributed by atoms with Crippen molar-refractivity contribution in [3.63, 3.8) is 0 Å². The van der Waals surface area contributed by atoms with Gasteiger partial charge in [0.05, 0.1) is 12.8 Å². The molecule has 0 bridgehead atoms. The molecular formula is C36H49N5O5. The number of ether oxygens (including phenoxy) is 1. The summed E-state index contributed by atoms with van der Waals surface area (Å²) in [5.41, 5.74) is 5.84. The number of anilines is 1. The molecule has 10 nitrogen and oxygen atoms in total. The minimum Gasteiger partial charge on any atom is -0.497 e. The quantitative estimate of drug-likeness (QED) is 0.243. The van der Waals surface area contributed by atoms with E-state index in [1.54, 1.807) is 19.4 Å². The Labute approximate surface area is 273 Å². The van der Waals surface area contributed by atoms with Crippen molar-refractivity contribution >= 4 is 36.5 Å². The van der Waals surface area contributed by atoms with Gasteiger partial charge in [-0.25, -0.2) is 4.98 Å². The van der Waals surface area contributed by atoms with Crippen LogP contribution in [0, 0.1) is 19.3 Å². The SMILES string of the molecule is CC.CC(=O)NC=O.CCC/C(=C\c1nc(NC=O)ccc1C)C(C)(C)CN1Cc2ccc(OC)cc2C1=O.Cc1cccnc1. The molecule has 0 saturated carbocycles. The summed E-state index contributed by atoms with van der Waals surface area (Å²) < 4.78 is 5.28. The first kappa shape index (κ1) is 39.2. The molecular weight excluding hydrogens is 582 g/mol. The Balaban J connectivity index is 0.000000581. The summed E-state index contributed by atoms with van der Waals surface area (Å²) in [7, 11) is 1.61. The Kier molecular flexibility index (Phi) is 17.2. The first-order valence-electron chi connectivity index (χ1n) is 15.4. The van der Waals surface area contributed by atoms with Crippen LogP contribution in [0.3, 0.4) is 0 Å². The van der Waals surface area contributed by atoms with Crippen molar-refractivity contribution in [1.82, 2.24) is 20.2 Å². The Bertz CT molecular complexity index is 1450. The predicted octanol–water partition coefficient (Wildman–Crippen LogP) is 6.53. The van der Waals surface area contributed by atoms with Gasteiger partial charge in [0, 0.05) is 43.4 Å². The van der Waals surface area contributed by atoms with Gasteiger partial charge in [-0.05, 0) is 67.3 Å². The molecule has 0 fully saturated rings. The molecule has 2 N–H and O–H groups in total. The highest BCUT2D eigenvalue weighted by Gasteiger charge is 2.34. The number of methoxy groups -OCH3 is 1. The zero-order valence-corrected chi connectivity index (χ0v) is 28.6. The van der Waals surface area contributed by atoms with Crippen LogP contribution in [0.4, 0.5) is 5.82 Å². The van der Waals surface area contributed by atoms with Gasteiger partial charge < -0.3 is 15.0 Å². The molecule has 0 saturated heterocycles. The fraction of sp³-hybridized carbons (Fsp3) is 0.389. The number of aromatic nitrogens is 2. The van der Waals surface area contributed by atoms with Crippen LogP contribution in [0.5, 0.6) is 5.75 Å². The second-order valence-electron chi connectivity index (χ2n) is 11.0. The molecule has 1 aliphatic heterocycles. The summed E-state index contributed by atoms with van der Waals surface area (Å²) in [6, 6.07) is 13.4. The van der Waals surface area contributed by atoms with Crippen LogP contribution in [-0.2, 0) is 20.9 Å². The van der Waals surface area contributed by atoms with Gasteiger partial charge in [-0.2, -0.15) is 0 Å². The first-order chi connectivity index (χ1) is 21.9. The Morgan fingerprint density at radius 1 is 1.09 bits per heavy atom. The third-order valence-corrected chi connectivity index (χ3v) is 6.90. The summed E-state index contributed by atoms with van der Waals surface area (Å²) in [5, 5.41) is 4.51. The van der Waals surface area contributed by atoms with Crippen molar-refractivity contribution in [2.45, 2.75) is 74.8 Å². The van der Waals surface area contributed by atoms with E-state index in [0.29, 0.717) is 37.5 Å². The number of nitrogens with one attached hydrogen (secondary N) is 2. The average Bonchev–Trinajstić information content (AvgIpc) is 3.33. The van der Waals surface area contributed by atoms with Crippen LogP contribution >= 0.6 is 0 Å². The minimum absolute atomic E-state index is 0.0457. The molecule has 46 heavy (non-hydrogen) atoms. The van der Waals surface area contributed by atoms with E-state index < -0.39 is 0 Å². The molecule has 3 aromatic rings. The van der Waals surface area contributed by atoms with Gasteiger partial charge in [0.2, 0.25) is 18.7 Å². The number of carbonyl (C=O) groups excluding carboxylic acids is 4. The molecule has 10 heteroatoms. The molecule has 248 valence electrons. The van der Waals surface area contributed by atoms with Gasteiger partial charge in [-0.1, -0.05) is 64.8 Å². The second-order valence-corrected chi connectivity index (χ2v) is 11.0. The summed E-state index contributed by atoms with van der Waals surface area (Å²) in [4.78, 5) is 53.2. The molecule has 0 atom stereocenters. The summed E-state index contributed by atoms with van der Waals surface area (Å²) in [6.45, 7) is 17.0. The topological polar surface area (TPSA) is 131 Å². The molecule has 1 aliphatic rings. The molecule has 1 aromatic carbocycles. The highest BCUT2D eigenvalue weighted by Crippen LogP contribution is 2.36. The second kappa shape index (κ2) is 20.2. The van der Waals surface area contributed by atoms with Crippen molar-refractivity contribution in [1.29, 1.82) is 0 Å². The number of rotatable bonds is 10. The number of amides is 4. The molecule has 0 unspecified atom stereocenters. The number of nitrogens with zero attached hydrogens (tertiary/aromatic N) is 3. The normalized spacial score (nSPS) is 11.7. The molecule has 4 amide bonds.